The number of fused-ring (bicyclic) bond motifs is 1. The highest BCUT2D eigenvalue weighted by Crippen LogP contribution is 2.36. The predicted molar refractivity (Wildman–Crippen MR) is 63.7 cm³/mol. The van der Waals surface area contributed by atoms with Gasteiger partial charge in [-0.25, -0.2) is 0 Å². The molecule has 2 rings (SSSR count). The number of nitrogens with zero attached hydrogens (tertiary/aromatic N) is 1. The zero-order chi connectivity index (χ0) is 11.0. The Kier molecular flexibility index (Phi) is 2.80. The molecular formula is C11H13BrN2O. The minimum absolute atomic E-state index is 0.00458. The number of hydrogen-bond acceptors (Lipinski definition) is 2. The summed E-state index contributed by atoms with van der Waals surface area (Å²) in [6.45, 7) is 2.78. The molecule has 4 heteroatoms. The highest BCUT2D eigenvalue weighted by atomic mass is 79.9. The van der Waals surface area contributed by atoms with E-state index in [-0.39, 0.29) is 5.91 Å². The molecule has 1 atom stereocenters. The number of nitrogens with two attached hydrogens (primary N) is 1. The molecule has 1 aromatic rings. The Morgan fingerprint density at radius 1 is 1.53 bits per heavy atom. The summed E-state index contributed by atoms with van der Waals surface area (Å²) in [5, 5.41) is 0. The van der Waals surface area contributed by atoms with E-state index in [1.807, 2.05) is 18.2 Å². The summed E-state index contributed by atoms with van der Waals surface area (Å²) in [4.78, 5) is 13.6. The van der Waals surface area contributed by atoms with Crippen molar-refractivity contribution in [3.8, 4) is 0 Å². The molecule has 1 amide bonds. The summed E-state index contributed by atoms with van der Waals surface area (Å²) in [5.41, 5.74) is 7.73. The van der Waals surface area contributed by atoms with Gasteiger partial charge in [-0.1, -0.05) is 28.9 Å². The number of carbonyl (C=O) groups excluding carboxylic acids is 1. The zero-order valence-electron chi connectivity index (χ0n) is 8.53. The van der Waals surface area contributed by atoms with Gasteiger partial charge >= 0.3 is 0 Å². The van der Waals surface area contributed by atoms with Crippen LogP contribution in [0.2, 0.25) is 0 Å². The minimum Gasteiger partial charge on any atom is -0.316 e. The Balaban J connectivity index is 2.47. The van der Waals surface area contributed by atoms with Gasteiger partial charge in [-0.15, -0.1) is 0 Å². The van der Waals surface area contributed by atoms with E-state index in [2.05, 4.69) is 22.9 Å². The normalized spacial score (nSPS) is 19.5. The van der Waals surface area contributed by atoms with Crippen LogP contribution in [-0.4, -0.2) is 12.5 Å². The molecule has 0 bridgehead atoms. The molecule has 3 nitrogen and oxygen atoms in total. The SMILES string of the molecule is CCCN1C(=O)C(N)c2ccc(Br)cc21. The van der Waals surface area contributed by atoms with Crippen LogP contribution >= 0.6 is 15.9 Å². The molecule has 0 radical (unpaired) electrons. The maximum Gasteiger partial charge on any atom is 0.248 e. The fourth-order valence-electron chi connectivity index (χ4n) is 1.89. The summed E-state index contributed by atoms with van der Waals surface area (Å²) in [5.74, 6) is 0.00458. The Morgan fingerprint density at radius 2 is 2.27 bits per heavy atom. The molecule has 1 aromatic carbocycles. The Labute approximate surface area is 97.4 Å². The maximum atomic E-state index is 11.8. The average molecular weight is 269 g/mol. The van der Waals surface area contributed by atoms with Crippen LogP contribution in [0.4, 0.5) is 5.69 Å². The molecule has 0 aromatic heterocycles. The lowest BCUT2D eigenvalue weighted by atomic mass is 10.1. The van der Waals surface area contributed by atoms with E-state index in [9.17, 15) is 4.79 Å². The Bertz CT molecular complexity index is 406. The standard InChI is InChI=1S/C11H13BrN2O/c1-2-5-14-9-6-7(12)3-4-8(9)10(13)11(14)15/h3-4,6,10H,2,5,13H2,1H3. The lowest BCUT2D eigenvalue weighted by Gasteiger charge is -2.16. The molecule has 1 aliphatic rings. The van der Waals surface area contributed by atoms with Crippen molar-refractivity contribution in [2.75, 3.05) is 11.4 Å². The molecule has 0 spiro atoms. The molecule has 1 aliphatic heterocycles. The Hall–Kier alpha value is -0.870. The predicted octanol–water partition coefficient (Wildman–Crippen LogP) is 2.21. The lowest BCUT2D eigenvalue weighted by molar-refractivity contribution is -0.119. The topological polar surface area (TPSA) is 46.3 Å². The van der Waals surface area contributed by atoms with E-state index in [1.54, 1.807) is 4.90 Å². The van der Waals surface area contributed by atoms with Gasteiger partial charge in [0.25, 0.3) is 0 Å². The third-order valence-electron chi connectivity index (χ3n) is 2.60. The van der Waals surface area contributed by atoms with Crippen molar-refractivity contribution in [3.63, 3.8) is 0 Å². The van der Waals surface area contributed by atoms with Gasteiger partial charge in [-0.05, 0) is 18.6 Å². The van der Waals surface area contributed by atoms with Crippen molar-refractivity contribution in [1.29, 1.82) is 0 Å². The van der Waals surface area contributed by atoms with Gasteiger partial charge in [0.2, 0.25) is 5.91 Å². The second-order valence-electron chi connectivity index (χ2n) is 3.67. The number of hydrogen-bond donors (Lipinski definition) is 1. The summed E-state index contributed by atoms with van der Waals surface area (Å²) in [7, 11) is 0. The van der Waals surface area contributed by atoms with Crippen LogP contribution in [0.1, 0.15) is 24.9 Å². The van der Waals surface area contributed by atoms with Gasteiger partial charge in [0.05, 0.1) is 5.69 Å². The summed E-state index contributed by atoms with van der Waals surface area (Å²) in [6.07, 6.45) is 0.935. The van der Waals surface area contributed by atoms with Gasteiger partial charge < -0.3 is 10.6 Å². The third-order valence-corrected chi connectivity index (χ3v) is 3.09. The Morgan fingerprint density at radius 3 is 2.93 bits per heavy atom. The van der Waals surface area contributed by atoms with Gasteiger partial charge in [0.15, 0.2) is 0 Å². The lowest BCUT2D eigenvalue weighted by Crippen LogP contribution is -2.32. The smallest absolute Gasteiger partial charge is 0.248 e. The van der Waals surface area contributed by atoms with Crippen molar-refractivity contribution in [2.24, 2.45) is 5.73 Å². The van der Waals surface area contributed by atoms with E-state index in [0.29, 0.717) is 0 Å². The van der Waals surface area contributed by atoms with Crippen LogP contribution in [0.25, 0.3) is 0 Å². The van der Waals surface area contributed by atoms with Crippen LogP contribution in [0.5, 0.6) is 0 Å². The van der Waals surface area contributed by atoms with Crippen molar-refractivity contribution < 1.29 is 4.79 Å². The molecule has 0 saturated heterocycles. The van der Waals surface area contributed by atoms with Crippen LogP contribution in [0, 0.1) is 0 Å². The van der Waals surface area contributed by atoms with E-state index < -0.39 is 6.04 Å². The molecule has 0 aliphatic carbocycles. The van der Waals surface area contributed by atoms with Crippen molar-refractivity contribution in [3.05, 3.63) is 28.2 Å². The monoisotopic (exact) mass is 268 g/mol. The number of halogens is 1. The maximum absolute atomic E-state index is 11.8. The van der Waals surface area contributed by atoms with Crippen LogP contribution in [-0.2, 0) is 4.79 Å². The average Bonchev–Trinajstić information content (AvgIpc) is 2.44. The molecule has 1 unspecified atom stereocenters. The van der Waals surface area contributed by atoms with Gasteiger partial charge in [0, 0.05) is 16.6 Å². The van der Waals surface area contributed by atoms with Gasteiger partial charge in [-0.3, -0.25) is 4.79 Å². The van der Waals surface area contributed by atoms with Crippen LogP contribution in [0.15, 0.2) is 22.7 Å². The van der Waals surface area contributed by atoms with Crippen molar-refractivity contribution in [2.45, 2.75) is 19.4 Å². The molecule has 1 heterocycles. The second kappa shape index (κ2) is 3.94. The number of rotatable bonds is 2. The molecule has 0 fully saturated rings. The highest BCUT2D eigenvalue weighted by Gasteiger charge is 2.33. The number of benzene rings is 1. The quantitative estimate of drug-likeness (QED) is 0.894. The van der Waals surface area contributed by atoms with Crippen LogP contribution < -0.4 is 10.6 Å². The fourth-order valence-corrected chi connectivity index (χ4v) is 2.24. The van der Waals surface area contributed by atoms with E-state index in [1.165, 1.54) is 0 Å². The van der Waals surface area contributed by atoms with E-state index in [0.717, 1.165) is 28.7 Å². The highest BCUT2D eigenvalue weighted by molar-refractivity contribution is 9.10. The minimum atomic E-state index is -0.486. The van der Waals surface area contributed by atoms with Gasteiger partial charge in [-0.2, -0.15) is 0 Å². The largest absolute Gasteiger partial charge is 0.316 e. The van der Waals surface area contributed by atoms with Crippen LogP contribution in [0.3, 0.4) is 0 Å². The second-order valence-corrected chi connectivity index (χ2v) is 4.59. The summed E-state index contributed by atoms with van der Waals surface area (Å²) >= 11 is 3.40. The number of carbonyl (C=O) groups is 1. The first kappa shape index (κ1) is 10.6. The van der Waals surface area contributed by atoms with Gasteiger partial charge in [0.1, 0.15) is 6.04 Å². The summed E-state index contributed by atoms with van der Waals surface area (Å²) < 4.78 is 0.976. The summed E-state index contributed by atoms with van der Waals surface area (Å²) in [6, 6.07) is 5.30. The number of amides is 1. The number of anilines is 1. The first-order chi connectivity index (χ1) is 7.15. The first-order valence-electron chi connectivity index (χ1n) is 5.01. The zero-order valence-corrected chi connectivity index (χ0v) is 10.1. The third kappa shape index (κ3) is 1.68. The molecule has 2 N–H and O–H groups in total. The van der Waals surface area contributed by atoms with Crippen molar-refractivity contribution in [1.82, 2.24) is 0 Å². The first-order valence-corrected chi connectivity index (χ1v) is 5.81. The fraction of sp³-hybridized carbons (Fsp3) is 0.364. The molecule has 0 saturated carbocycles. The molecule has 15 heavy (non-hydrogen) atoms. The van der Waals surface area contributed by atoms with Crippen molar-refractivity contribution >= 4 is 27.5 Å². The van der Waals surface area contributed by atoms with E-state index >= 15 is 0 Å². The molecule has 80 valence electrons. The van der Waals surface area contributed by atoms with E-state index in [4.69, 9.17) is 5.73 Å². The molecular weight excluding hydrogens is 256 g/mol.